The predicted molar refractivity (Wildman–Crippen MR) is 148 cm³/mol. The molecule has 1 aliphatic rings. The molecule has 8 heteroatoms. The Labute approximate surface area is 221 Å². The van der Waals surface area contributed by atoms with Gasteiger partial charge in [0.25, 0.3) is 0 Å². The molecule has 1 fully saturated rings. The molecule has 5 rings (SSSR count). The molecular formula is C28H27ClN4O2S. The number of methoxy groups -OCH3 is 2. The van der Waals surface area contributed by atoms with Crippen molar-refractivity contribution in [2.75, 3.05) is 19.1 Å². The molecule has 1 saturated heterocycles. The van der Waals surface area contributed by atoms with Gasteiger partial charge in [-0.05, 0) is 80.2 Å². The Morgan fingerprint density at radius 3 is 2.47 bits per heavy atom. The van der Waals surface area contributed by atoms with Crippen molar-refractivity contribution in [2.24, 2.45) is 0 Å². The Hall–Kier alpha value is -3.55. The maximum Gasteiger partial charge on any atom is 0.174 e. The van der Waals surface area contributed by atoms with Gasteiger partial charge >= 0.3 is 0 Å². The van der Waals surface area contributed by atoms with Gasteiger partial charge in [0.15, 0.2) is 5.11 Å². The van der Waals surface area contributed by atoms with Gasteiger partial charge in [-0.25, -0.2) is 0 Å². The third-order valence-electron chi connectivity index (χ3n) is 6.61. The molecule has 0 spiro atoms. The topological polar surface area (TPSA) is 51.5 Å². The molecule has 184 valence electrons. The number of aryl methyl sites for hydroxylation is 1. The van der Waals surface area contributed by atoms with Crippen LogP contribution in [-0.2, 0) is 0 Å². The number of hydrogen-bond donors (Lipinski definition) is 1. The van der Waals surface area contributed by atoms with Gasteiger partial charge < -0.3 is 24.3 Å². The first kappa shape index (κ1) is 24.2. The second-order valence-corrected chi connectivity index (χ2v) is 9.47. The van der Waals surface area contributed by atoms with E-state index in [0.29, 0.717) is 15.9 Å². The number of halogens is 1. The highest BCUT2D eigenvalue weighted by molar-refractivity contribution is 7.80. The van der Waals surface area contributed by atoms with Crippen molar-refractivity contribution < 1.29 is 9.47 Å². The summed E-state index contributed by atoms with van der Waals surface area (Å²) < 4.78 is 13.1. The number of aromatic nitrogens is 2. The highest BCUT2D eigenvalue weighted by Crippen LogP contribution is 2.45. The third-order valence-corrected chi connectivity index (χ3v) is 7.22. The molecule has 1 N–H and O–H groups in total. The highest BCUT2D eigenvalue weighted by Gasteiger charge is 2.42. The molecule has 36 heavy (non-hydrogen) atoms. The van der Waals surface area contributed by atoms with Crippen LogP contribution in [0.4, 0.5) is 5.69 Å². The van der Waals surface area contributed by atoms with Crippen LogP contribution in [0.3, 0.4) is 0 Å². The smallest absolute Gasteiger partial charge is 0.174 e. The second kappa shape index (κ2) is 9.84. The van der Waals surface area contributed by atoms with Crippen molar-refractivity contribution in [3.63, 3.8) is 0 Å². The maximum absolute atomic E-state index is 6.53. The molecule has 0 saturated carbocycles. The van der Waals surface area contributed by atoms with Crippen LogP contribution in [0.2, 0.25) is 5.02 Å². The van der Waals surface area contributed by atoms with Gasteiger partial charge in [-0.2, -0.15) is 0 Å². The minimum Gasteiger partial charge on any atom is -0.497 e. The zero-order chi connectivity index (χ0) is 25.4. The number of pyridine rings is 1. The lowest BCUT2D eigenvalue weighted by atomic mass is 9.96. The van der Waals surface area contributed by atoms with E-state index in [4.69, 9.17) is 33.3 Å². The van der Waals surface area contributed by atoms with Gasteiger partial charge in [0, 0.05) is 35.0 Å². The summed E-state index contributed by atoms with van der Waals surface area (Å²) in [6.45, 7) is 4.25. The lowest BCUT2D eigenvalue weighted by Crippen LogP contribution is -2.29. The molecule has 3 heterocycles. The summed E-state index contributed by atoms with van der Waals surface area (Å²) in [7, 11) is 3.29. The van der Waals surface area contributed by atoms with Gasteiger partial charge in [-0.1, -0.05) is 23.7 Å². The first-order chi connectivity index (χ1) is 17.4. The number of benzene rings is 2. The number of ether oxygens (including phenoxy) is 2. The maximum atomic E-state index is 6.53. The van der Waals surface area contributed by atoms with Crippen LogP contribution in [0.15, 0.2) is 72.9 Å². The quantitative estimate of drug-likeness (QED) is 0.301. The Balaban J connectivity index is 1.67. The number of rotatable bonds is 6. The fourth-order valence-corrected chi connectivity index (χ4v) is 5.59. The largest absolute Gasteiger partial charge is 0.497 e. The summed E-state index contributed by atoms with van der Waals surface area (Å²) in [5.41, 5.74) is 6.21. The van der Waals surface area contributed by atoms with Crippen molar-refractivity contribution in [3.8, 4) is 17.2 Å². The van der Waals surface area contributed by atoms with Crippen LogP contribution in [0, 0.1) is 13.8 Å². The van der Waals surface area contributed by atoms with E-state index in [1.807, 2.05) is 60.8 Å². The summed E-state index contributed by atoms with van der Waals surface area (Å²) in [4.78, 5) is 6.79. The molecule has 2 aromatic carbocycles. The van der Waals surface area contributed by atoms with E-state index in [2.05, 4.69) is 45.7 Å². The van der Waals surface area contributed by atoms with E-state index in [1.54, 1.807) is 14.2 Å². The van der Waals surface area contributed by atoms with E-state index in [-0.39, 0.29) is 12.1 Å². The average Bonchev–Trinajstić information content (AvgIpc) is 3.39. The summed E-state index contributed by atoms with van der Waals surface area (Å²) in [5.74, 6) is 1.43. The van der Waals surface area contributed by atoms with Gasteiger partial charge in [-0.15, -0.1) is 0 Å². The molecule has 0 bridgehead atoms. The van der Waals surface area contributed by atoms with Crippen LogP contribution >= 0.6 is 23.8 Å². The number of anilines is 1. The summed E-state index contributed by atoms with van der Waals surface area (Å²) in [6, 6.07) is 21.7. The lowest BCUT2D eigenvalue weighted by Gasteiger charge is -2.28. The lowest BCUT2D eigenvalue weighted by molar-refractivity contribution is 0.414. The van der Waals surface area contributed by atoms with Crippen molar-refractivity contribution in [1.29, 1.82) is 0 Å². The Bertz CT molecular complexity index is 1420. The van der Waals surface area contributed by atoms with Crippen LogP contribution in [-0.4, -0.2) is 28.9 Å². The molecule has 6 nitrogen and oxygen atoms in total. The zero-order valence-corrected chi connectivity index (χ0v) is 22.1. The molecule has 0 aliphatic carbocycles. The number of hydrogen-bond acceptors (Lipinski definition) is 4. The second-order valence-electron chi connectivity index (χ2n) is 8.68. The van der Waals surface area contributed by atoms with Gasteiger partial charge in [0.05, 0.1) is 37.0 Å². The first-order valence-corrected chi connectivity index (χ1v) is 12.4. The van der Waals surface area contributed by atoms with Gasteiger partial charge in [0.2, 0.25) is 0 Å². The molecule has 1 aliphatic heterocycles. The van der Waals surface area contributed by atoms with Crippen LogP contribution in [0.1, 0.15) is 34.7 Å². The summed E-state index contributed by atoms with van der Waals surface area (Å²) in [5, 5.41) is 4.66. The molecular weight excluding hydrogens is 492 g/mol. The monoisotopic (exact) mass is 518 g/mol. The Kier molecular flexibility index (Phi) is 6.60. The van der Waals surface area contributed by atoms with E-state index in [9.17, 15) is 0 Å². The molecule has 2 aromatic heterocycles. The predicted octanol–water partition coefficient (Wildman–Crippen LogP) is 6.34. The SMILES string of the molecule is COc1cccc(-n2c(C)cc([C@H]3[C@@H](c4ccccn4)NC(=S)N3c3ccc(OC)c(Cl)c3)c2C)c1. The minimum absolute atomic E-state index is 0.151. The molecule has 0 radical (unpaired) electrons. The molecule has 2 atom stereocenters. The van der Waals surface area contributed by atoms with Crippen molar-refractivity contribution in [3.05, 3.63) is 101 Å². The van der Waals surface area contributed by atoms with Crippen LogP contribution in [0.5, 0.6) is 11.5 Å². The Morgan fingerprint density at radius 2 is 1.78 bits per heavy atom. The third kappa shape index (κ3) is 4.18. The minimum atomic E-state index is -0.154. The summed E-state index contributed by atoms with van der Waals surface area (Å²) in [6.07, 6.45) is 1.81. The van der Waals surface area contributed by atoms with Gasteiger partial charge in [0.1, 0.15) is 11.5 Å². The van der Waals surface area contributed by atoms with Gasteiger partial charge in [-0.3, -0.25) is 4.98 Å². The highest BCUT2D eigenvalue weighted by atomic mass is 35.5. The molecule has 0 amide bonds. The van der Waals surface area contributed by atoms with Crippen LogP contribution in [0.25, 0.3) is 5.69 Å². The van der Waals surface area contributed by atoms with E-state index in [0.717, 1.165) is 39.8 Å². The van der Waals surface area contributed by atoms with E-state index >= 15 is 0 Å². The standard InChI is InChI=1S/C28H27ClN4O2S/c1-17-14-22(18(2)32(17)19-8-7-9-21(15-19)34-3)27-26(24-10-5-6-13-30-24)31-28(36)33(27)20-11-12-25(35-4)23(29)16-20/h5-16,26-27H,1-4H3,(H,31,36)/t26-,27+/m1/s1. The summed E-state index contributed by atoms with van der Waals surface area (Å²) >= 11 is 12.4. The zero-order valence-electron chi connectivity index (χ0n) is 20.5. The first-order valence-electron chi connectivity index (χ1n) is 11.6. The van der Waals surface area contributed by atoms with Crippen molar-refractivity contribution >= 4 is 34.6 Å². The number of nitrogens with zero attached hydrogens (tertiary/aromatic N) is 3. The fraction of sp³-hybridized carbons (Fsp3) is 0.214. The molecule has 4 aromatic rings. The fourth-order valence-electron chi connectivity index (χ4n) is 4.99. The van der Waals surface area contributed by atoms with E-state index < -0.39 is 0 Å². The average molecular weight is 519 g/mol. The number of nitrogens with one attached hydrogen (secondary N) is 1. The van der Waals surface area contributed by atoms with Crippen molar-refractivity contribution in [1.82, 2.24) is 14.9 Å². The van der Waals surface area contributed by atoms with Crippen LogP contribution < -0.4 is 19.7 Å². The Morgan fingerprint density at radius 1 is 0.944 bits per heavy atom. The van der Waals surface area contributed by atoms with E-state index in [1.165, 1.54) is 0 Å². The normalized spacial score (nSPS) is 17.2. The molecule has 0 unspecified atom stereocenters. The van der Waals surface area contributed by atoms with Crippen molar-refractivity contribution in [2.45, 2.75) is 25.9 Å². The number of thiocarbonyl (C=S) groups is 1.